The summed E-state index contributed by atoms with van der Waals surface area (Å²) < 4.78 is 0. The van der Waals surface area contributed by atoms with Crippen LogP contribution in [0.25, 0.3) is 0 Å². The van der Waals surface area contributed by atoms with E-state index in [2.05, 4.69) is 19.2 Å². The molecule has 16 heavy (non-hydrogen) atoms. The van der Waals surface area contributed by atoms with Crippen LogP contribution in [-0.4, -0.2) is 0 Å². The van der Waals surface area contributed by atoms with Crippen LogP contribution in [0.2, 0.25) is 0 Å². The minimum Gasteiger partial charge on any atom is -0.197 e. The predicted molar refractivity (Wildman–Crippen MR) is 68.0 cm³/mol. The van der Waals surface area contributed by atoms with Crippen molar-refractivity contribution in [2.45, 2.75) is 12.8 Å². The lowest BCUT2D eigenvalue weighted by molar-refractivity contribution is 1.04. The first-order chi connectivity index (χ1) is 7.72. The van der Waals surface area contributed by atoms with E-state index in [0.29, 0.717) is 0 Å². The van der Waals surface area contributed by atoms with Gasteiger partial charge in [0.25, 0.3) is 0 Å². The standard InChI is InChI=1S/C15H15N/c1-4-6-13(5-2)15(11-16)14-9-7-12(3)8-10-14/h4-10,15H,1-2H2,3H3/b13-6+. The monoisotopic (exact) mass is 209 g/mol. The summed E-state index contributed by atoms with van der Waals surface area (Å²) in [7, 11) is 0. The van der Waals surface area contributed by atoms with Crippen molar-refractivity contribution in [1.82, 2.24) is 0 Å². The number of nitriles is 1. The Kier molecular flexibility index (Phi) is 4.29. The molecule has 0 aliphatic rings. The number of hydrogen-bond donors (Lipinski definition) is 0. The van der Waals surface area contributed by atoms with Crippen LogP contribution in [0.1, 0.15) is 17.0 Å². The fourth-order valence-electron chi connectivity index (χ4n) is 1.52. The minimum absolute atomic E-state index is 0.268. The van der Waals surface area contributed by atoms with E-state index in [9.17, 15) is 5.26 Å². The molecule has 0 N–H and O–H groups in total. The van der Waals surface area contributed by atoms with Crippen LogP contribution in [-0.2, 0) is 0 Å². The van der Waals surface area contributed by atoms with Crippen LogP contribution >= 0.6 is 0 Å². The Labute approximate surface area is 97.0 Å². The number of hydrogen-bond acceptors (Lipinski definition) is 1. The summed E-state index contributed by atoms with van der Waals surface area (Å²) in [4.78, 5) is 0. The van der Waals surface area contributed by atoms with E-state index in [-0.39, 0.29) is 5.92 Å². The Morgan fingerprint density at radius 1 is 1.31 bits per heavy atom. The third-order valence-corrected chi connectivity index (χ3v) is 2.42. The zero-order valence-electron chi connectivity index (χ0n) is 9.48. The van der Waals surface area contributed by atoms with Crippen molar-refractivity contribution in [3.05, 3.63) is 72.4 Å². The average Bonchev–Trinajstić information content (AvgIpc) is 2.31. The Hall–Kier alpha value is -2.07. The molecule has 0 bridgehead atoms. The van der Waals surface area contributed by atoms with Crippen molar-refractivity contribution in [1.29, 1.82) is 5.26 Å². The van der Waals surface area contributed by atoms with E-state index >= 15 is 0 Å². The molecule has 1 unspecified atom stereocenters. The van der Waals surface area contributed by atoms with E-state index in [4.69, 9.17) is 0 Å². The molecule has 0 fully saturated rings. The third-order valence-electron chi connectivity index (χ3n) is 2.42. The first-order valence-electron chi connectivity index (χ1n) is 5.14. The lowest BCUT2D eigenvalue weighted by Gasteiger charge is -2.10. The molecule has 1 atom stereocenters. The first kappa shape index (κ1) is 12.0. The van der Waals surface area contributed by atoms with Crippen LogP contribution in [0.5, 0.6) is 0 Å². The molecule has 1 nitrogen and oxygen atoms in total. The van der Waals surface area contributed by atoms with Crippen molar-refractivity contribution in [2.24, 2.45) is 0 Å². The number of nitrogens with zero attached hydrogens (tertiary/aromatic N) is 1. The highest BCUT2D eigenvalue weighted by Gasteiger charge is 2.12. The number of rotatable bonds is 4. The molecular weight excluding hydrogens is 194 g/mol. The second-order valence-corrected chi connectivity index (χ2v) is 3.58. The summed E-state index contributed by atoms with van der Waals surface area (Å²) >= 11 is 0. The highest BCUT2D eigenvalue weighted by molar-refractivity contribution is 5.41. The van der Waals surface area contributed by atoms with Crippen molar-refractivity contribution >= 4 is 0 Å². The van der Waals surface area contributed by atoms with Crippen molar-refractivity contribution < 1.29 is 0 Å². The van der Waals surface area contributed by atoms with Gasteiger partial charge in [0.05, 0.1) is 12.0 Å². The van der Waals surface area contributed by atoms with E-state index in [1.54, 1.807) is 12.2 Å². The highest BCUT2D eigenvalue weighted by Crippen LogP contribution is 2.24. The van der Waals surface area contributed by atoms with Gasteiger partial charge in [-0.1, -0.05) is 61.2 Å². The summed E-state index contributed by atoms with van der Waals surface area (Å²) in [5, 5.41) is 9.20. The summed E-state index contributed by atoms with van der Waals surface area (Å²) in [6, 6.07) is 10.3. The van der Waals surface area contributed by atoms with Crippen molar-refractivity contribution in [2.75, 3.05) is 0 Å². The zero-order valence-corrected chi connectivity index (χ0v) is 9.48. The molecule has 0 radical (unpaired) electrons. The molecule has 0 amide bonds. The minimum atomic E-state index is -0.268. The normalized spacial score (nSPS) is 12.6. The van der Waals surface area contributed by atoms with Gasteiger partial charge in [0.15, 0.2) is 0 Å². The van der Waals surface area contributed by atoms with E-state index in [0.717, 1.165) is 11.1 Å². The molecule has 0 saturated carbocycles. The first-order valence-corrected chi connectivity index (χ1v) is 5.14. The molecule has 0 aromatic heterocycles. The number of allylic oxidation sites excluding steroid dienone is 4. The molecule has 0 saturated heterocycles. The molecule has 0 aliphatic heterocycles. The van der Waals surface area contributed by atoms with E-state index in [1.807, 2.05) is 37.3 Å². The fraction of sp³-hybridized carbons (Fsp3) is 0.133. The third kappa shape index (κ3) is 2.71. The van der Waals surface area contributed by atoms with Gasteiger partial charge >= 0.3 is 0 Å². The lowest BCUT2D eigenvalue weighted by Crippen LogP contribution is -1.98. The van der Waals surface area contributed by atoms with Crippen LogP contribution in [0.4, 0.5) is 0 Å². The van der Waals surface area contributed by atoms with Crippen LogP contribution in [0.3, 0.4) is 0 Å². The van der Waals surface area contributed by atoms with Gasteiger partial charge in [-0.3, -0.25) is 0 Å². The molecule has 1 aromatic carbocycles. The van der Waals surface area contributed by atoms with Gasteiger partial charge in [-0.2, -0.15) is 5.26 Å². The van der Waals surface area contributed by atoms with Gasteiger partial charge < -0.3 is 0 Å². The molecular formula is C15H15N. The van der Waals surface area contributed by atoms with Gasteiger partial charge in [-0.15, -0.1) is 0 Å². The van der Waals surface area contributed by atoms with Crippen LogP contribution < -0.4 is 0 Å². The van der Waals surface area contributed by atoms with E-state index < -0.39 is 0 Å². The second-order valence-electron chi connectivity index (χ2n) is 3.58. The topological polar surface area (TPSA) is 23.8 Å². The molecule has 80 valence electrons. The maximum absolute atomic E-state index is 9.20. The predicted octanol–water partition coefficient (Wildman–Crippen LogP) is 3.90. The molecule has 0 aliphatic carbocycles. The van der Waals surface area contributed by atoms with Gasteiger partial charge in [0.1, 0.15) is 0 Å². The quantitative estimate of drug-likeness (QED) is 0.690. The zero-order chi connectivity index (χ0) is 12.0. The number of aryl methyl sites for hydroxylation is 1. The van der Waals surface area contributed by atoms with Gasteiger partial charge in [-0.05, 0) is 18.1 Å². The summed E-state index contributed by atoms with van der Waals surface area (Å²) in [5.74, 6) is -0.268. The fourth-order valence-corrected chi connectivity index (χ4v) is 1.52. The average molecular weight is 209 g/mol. The Morgan fingerprint density at radius 2 is 1.94 bits per heavy atom. The summed E-state index contributed by atoms with van der Waals surface area (Å²) in [5.41, 5.74) is 3.05. The van der Waals surface area contributed by atoms with E-state index in [1.165, 1.54) is 5.56 Å². The molecule has 1 rings (SSSR count). The van der Waals surface area contributed by atoms with Crippen LogP contribution in [0.15, 0.2) is 61.2 Å². The van der Waals surface area contributed by atoms with Gasteiger partial charge in [0.2, 0.25) is 0 Å². The van der Waals surface area contributed by atoms with Crippen LogP contribution in [0, 0.1) is 18.3 Å². The molecule has 0 heterocycles. The lowest BCUT2D eigenvalue weighted by atomic mass is 9.91. The smallest absolute Gasteiger partial charge is 0.0962 e. The SMILES string of the molecule is C=C/C=C(\C=C)C(C#N)c1ccc(C)cc1. The molecule has 1 aromatic rings. The van der Waals surface area contributed by atoms with Crippen molar-refractivity contribution in [3.8, 4) is 6.07 Å². The van der Waals surface area contributed by atoms with Gasteiger partial charge in [0, 0.05) is 0 Å². The Bertz CT molecular complexity index is 443. The maximum atomic E-state index is 9.20. The van der Waals surface area contributed by atoms with Gasteiger partial charge in [-0.25, -0.2) is 0 Å². The molecule has 1 heteroatoms. The molecule has 0 spiro atoms. The summed E-state index contributed by atoms with van der Waals surface area (Å²) in [6.45, 7) is 9.39. The second kappa shape index (κ2) is 5.72. The maximum Gasteiger partial charge on any atom is 0.0962 e. The van der Waals surface area contributed by atoms with Crippen molar-refractivity contribution in [3.63, 3.8) is 0 Å². The summed E-state index contributed by atoms with van der Waals surface area (Å²) in [6.07, 6.45) is 5.20. The Morgan fingerprint density at radius 3 is 2.38 bits per heavy atom. The number of benzene rings is 1. The highest BCUT2D eigenvalue weighted by atomic mass is 14.3. The Balaban J connectivity index is 3.12. The largest absolute Gasteiger partial charge is 0.197 e.